The summed E-state index contributed by atoms with van der Waals surface area (Å²) in [4.78, 5) is 1.31. The van der Waals surface area contributed by atoms with Gasteiger partial charge in [-0.15, -0.1) is 11.3 Å². The van der Waals surface area contributed by atoms with Crippen molar-refractivity contribution in [1.82, 2.24) is 0 Å². The Labute approximate surface area is 91.5 Å². The van der Waals surface area contributed by atoms with Crippen molar-refractivity contribution in [3.05, 3.63) is 20.8 Å². The van der Waals surface area contributed by atoms with Crippen LogP contribution in [0.25, 0.3) is 0 Å². The topological polar surface area (TPSA) is 26.0 Å². The lowest BCUT2D eigenvalue weighted by Crippen LogP contribution is -2.19. The number of rotatable bonds is 3. The van der Waals surface area contributed by atoms with E-state index in [2.05, 4.69) is 34.3 Å². The van der Waals surface area contributed by atoms with Crippen molar-refractivity contribution >= 4 is 27.3 Å². The lowest BCUT2D eigenvalue weighted by Gasteiger charge is -2.18. The lowest BCUT2D eigenvalue weighted by atomic mass is 9.96. The molecule has 0 aromatic carbocycles. The molecule has 1 fully saturated rings. The average molecular weight is 260 g/mol. The Kier molecular flexibility index (Phi) is 2.77. The van der Waals surface area contributed by atoms with Gasteiger partial charge in [-0.05, 0) is 52.1 Å². The highest BCUT2D eigenvalue weighted by molar-refractivity contribution is 9.10. The molecule has 2 unspecified atom stereocenters. The summed E-state index contributed by atoms with van der Waals surface area (Å²) in [6, 6.07) is 2.31. The van der Waals surface area contributed by atoms with Crippen molar-refractivity contribution in [2.45, 2.75) is 25.8 Å². The zero-order valence-corrected chi connectivity index (χ0v) is 10.1. The molecule has 1 nitrogen and oxygen atoms in total. The Hall–Kier alpha value is 0.140. The molecule has 1 aliphatic carbocycles. The highest BCUT2D eigenvalue weighted by Gasteiger charge is 2.33. The molecule has 0 spiro atoms. The van der Waals surface area contributed by atoms with Gasteiger partial charge >= 0.3 is 0 Å². The third-order valence-corrected chi connectivity index (χ3v) is 4.85. The second-order valence-electron chi connectivity index (χ2n) is 3.86. The molecule has 1 aromatic rings. The van der Waals surface area contributed by atoms with Crippen molar-refractivity contribution < 1.29 is 0 Å². The van der Waals surface area contributed by atoms with Gasteiger partial charge in [-0.2, -0.15) is 0 Å². The molecule has 1 aliphatic rings. The van der Waals surface area contributed by atoms with E-state index in [1.54, 1.807) is 11.3 Å². The monoisotopic (exact) mass is 259 g/mol. The van der Waals surface area contributed by atoms with E-state index in [0.29, 0.717) is 5.92 Å². The van der Waals surface area contributed by atoms with Gasteiger partial charge in [0.2, 0.25) is 0 Å². The minimum atomic E-state index is 0.224. The molecule has 1 aromatic heterocycles. The van der Waals surface area contributed by atoms with Gasteiger partial charge in [0, 0.05) is 15.4 Å². The Morgan fingerprint density at radius 2 is 2.31 bits per heavy atom. The molecule has 2 atom stereocenters. The molecule has 0 amide bonds. The molecule has 0 aliphatic heterocycles. The fourth-order valence-corrected chi connectivity index (χ4v) is 3.45. The molecular formula is C10H14BrNS. The van der Waals surface area contributed by atoms with Crippen LogP contribution in [0.2, 0.25) is 0 Å². The first-order chi connectivity index (χ1) is 6.20. The molecule has 1 saturated carbocycles. The second-order valence-corrected chi connectivity index (χ2v) is 5.66. The number of halogens is 1. The SMILES string of the molecule is CC(C1CC1)C(N)c1sccc1Br. The molecule has 2 N–H and O–H groups in total. The predicted octanol–water partition coefficient (Wildman–Crippen LogP) is 3.56. The maximum Gasteiger partial charge on any atom is 0.0429 e. The van der Waals surface area contributed by atoms with Crippen LogP contribution in [0.5, 0.6) is 0 Å². The van der Waals surface area contributed by atoms with Crippen LogP contribution in [0.1, 0.15) is 30.7 Å². The summed E-state index contributed by atoms with van der Waals surface area (Å²) in [5.41, 5.74) is 6.21. The molecule has 1 heterocycles. The van der Waals surface area contributed by atoms with E-state index in [1.165, 1.54) is 22.2 Å². The molecule has 0 radical (unpaired) electrons. The third kappa shape index (κ3) is 1.97. The Balaban J connectivity index is 2.11. The first-order valence-corrected chi connectivity index (χ1v) is 6.36. The highest BCUT2D eigenvalue weighted by Crippen LogP contribution is 2.43. The average Bonchev–Trinajstić information content (AvgIpc) is 2.87. The number of thiophene rings is 1. The van der Waals surface area contributed by atoms with Crippen molar-refractivity contribution in [2.24, 2.45) is 17.6 Å². The molecular weight excluding hydrogens is 246 g/mol. The van der Waals surface area contributed by atoms with Gasteiger partial charge in [0.15, 0.2) is 0 Å². The Bertz CT molecular complexity index is 293. The summed E-state index contributed by atoms with van der Waals surface area (Å²) in [5.74, 6) is 1.51. The normalized spacial score (nSPS) is 21.5. The first-order valence-electron chi connectivity index (χ1n) is 4.68. The van der Waals surface area contributed by atoms with Crippen LogP contribution < -0.4 is 5.73 Å². The summed E-state index contributed by atoms with van der Waals surface area (Å²) in [6.07, 6.45) is 2.75. The summed E-state index contributed by atoms with van der Waals surface area (Å²) in [5, 5.41) is 2.10. The molecule has 0 bridgehead atoms. The summed E-state index contributed by atoms with van der Waals surface area (Å²) < 4.78 is 1.18. The quantitative estimate of drug-likeness (QED) is 0.883. The summed E-state index contributed by atoms with van der Waals surface area (Å²) in [6.45, 7) is 2.27. The van der Waals surface area contributed by atoms with Crippen molar-refractivity contribution in [2.75, 3.05) is 0 Å². The molecule has 72 valence electrons. The second kappa shape index (κ2) is 3.71. The number of nitrogens with two attached hydrogens (primary N) is 1. The van der Waals surface area contributed by atoms with Gasteiger partial charge in [0.05, 0.1) is 0 Å². The van der Waals surface area contributed by atoms with Crippen LogP contribution >= 0.6 is 27.3 Å². The minimum Gasteiger partial charge on any atom is -0.323 e. The standard InChI is InChI=1S/C10H14BrNS/c1-6(7-2-3-7)9(12)10-8(11)4-5-13-10/h4-7,9H,2-3,12H2,1H3. The van der Waals surface area contributed by atoms with Crippen molar-refractivity contribution in [3.63, 3.8) is 0 Å². The fraction of sp³-hybridized carbons (Fsp3) is 0.600. The molecule has 0 saturated heterocycles. The number of hydrogen-bond donors (Lipinski definition) is 1. The largest absolute Gasteiger partial charge is 0.323 e. The van der Waals surface area contributed by atoms with Crippen LogP contribution in [0, 0.1) is 11.8 Å². The van der Waals surface area contributed by atoms with E-state index in [0.717, 1.165) is 5.92 Å². The summed E-state index contributed by atoms with van der Waals surface area (Å²) >= 11 is 5.29. The lowest BCUT2D eigenvalue weighted by molar-refractivity contribution is 0.421. The van der Waals surface area contributed by atoms with Crippen LogP contribution in [0.15, 0.2) is 15.9 Å². The molecule has 3 heteroatoms. The third-order valence-electron chi connectivity index (χ3n) is 2.88. The summed E-state index contributed by atoms with van der Waals surface area (Å²) in [7, 11) is 0. The maximum atomic E-state index is 6.21. The van der Waals surface area contributed by atoms with Crippen LogP contribution in [-0.4, -0.2) is 0 Å². The van der Waals surface area contributed by atoms with Gasteiger partial charge < -0.3 is 5.73 Å². The fourth-order valence-electron chi connectivity index (χ4n) is 1.70. The van der Waals surface area contributed by atoms with E-state index >= 15 is 0 Å². The van der Waals surface area contributed by atoms with E-state index in [9.17, 15) is 0 Å². The van der Waals surface area contributed by atoms with Gasteiger partial charge in [0.25, 0.3) is 0 Å². The molecule has 2 rings (SSSR count). The Morgan fingerprint density at radius 3 is 2.77 bits per heavy atom. The van der Waals surface area contributed by atoms with E-state index in [4.69, 9.17) is 5.73 Å². The van der Waals surface area contributed by atoms with E-state index < -0.39 is 0 Å². The smallest absolute Gasteiger partial charge is 0.0429 e. The van der Waals surface area contributed by atoms with Gasteiger partial charge in [-0.1, -0.05) is 6.92 Å². The highest BCUT2D eigenvalue weighted by atomic mass is 79.9. The first kappa shape index (κ1) is 9.69. The zero-order chi connectivity index (χ0) is 9.42. The zero-order valence-electron chi connectivity index (χ0n) is 7.66. The van der Waals surface area contributed by atoms with Crippen LogP contribution in [0.4, 0.5) is 0 Å². The van der Waals surface area contributed by atoms with Crippen molar-refractivity contribution in [1.29, 1.82) is 0 Å². The van der Waals surface area contributed by atoms with Gasteiger partial charge in [0.1, 0.15) is 0 Å². The van der Waals surface area contributed by atoms with E-state index in [1.807, 2.05) is 0 Å². The number of hydrogen-bond acceptors (Lipinski definition) is 2. The maximum absolute atomic E-state index is 6.21. The molecule has 13 heavy (non-hydrogen) atoms. The van der Waals surface area contributed by atoms with Crippen LogP contribution in [0.3, 0.4) is 0 Å². The Morgan fingerprint density at radius 1 is 1.62 bits per heavy atom. The van der Waals surface area contributed by atoms with E-state index in [-0.39, 0.29) is 6.04 Å². The van der Waals surface area contributed by atoms with Crippen LogP contribution in [-0.2, 0) is 0 Å². The van der Waals surface area contributed by atoms with Crippen molar-refractivity contribution in [3.8, 4) is 0 Å². The van der Waals surface area contributed by atoms with Gasteiger partial charge in [-0.25, -0.2) is 0 Å². The minimum absolute atomic E-state index is 0.224. The van der Waals surface area contributed by atoms with Gasteiger partial charge in [-0.3, -0.25) is 0 Å². The predicted molar refractivity (Wildman–Crippen MR) is 60.8 cm³/mol.